The molecule has 0 aliphatic carbocycles. The Labute approximate surface area is 173 Å². The van der Waals surface area contributed by atoms with E-state index in [0.717, 1.165) is 18.2 Å². The number of sulfonamides is 1. The third-order valence-electron chi connectivity index (χ3n) is 4.26. The van der Waals surface area contributed by atoms with Crippen molar-refractivity contribution in [3.8, 4) is 0 Å². The predicted octanol–water partition coefficient (Wildman–Crippen LogP) is 3.87. The average Bonchev–Trinajstić information content (AvgIpc) is 3.15. The molecule has 0 saturated heterocycles. The minimum Gasteiger partial charge on any atom is -0.468 e. The van der Waals surface area contributed by atoms with Gasteiger partial charge in [-0.3, -0.25) is 0 Å². The summed E-state index contributed by atoms with van der Waals surface area (Å²) < 4.78 is 72.4. The number of halogens is 2. The first-order valence-corrected chi connectivity index (χ1v) is 11.8. The zero-order valence-electron chi connectivity index (χ0n) is 15.2. The van der Waals surface area contributed by atoms with E-state index in [1.807, 2.05) is 0 Å². The number of furan rings is 1. The number of aryl methyl sites for hydroxylation is 1. The van der Waals surface area contributed by atoms with Gasteiger partial charge in [-0.2, -0.15) is 0 Å². The Morgan fingerprint density at radius 3 is 2.34 bits per heavy atom. The van der Waals surface area contributed by atoms with Crippen molar-refractivity contribution < 1.29 is 25.6 Å². The molecule has 0 aliphatic rings. The topological polar surface area (TPSA) is 93.4 Å². The lowest BCUT2D eigenvalue weighted by atomic mass is 10.2. The lowest BCUT2D eigenvalue weighted by Gasteiger charge is -2.17. The number of sulfone groups is 1. The van der Waals surface area contributed by atoms with Gasteiger partial charge in [-0.05, 0) is 67.1 Å². The minimum absolute atomic E-state index is 0.0274. The molecule has 1 aromatic heterocycles. The first-order valence-electron chi connectivity index (χ1n) is 8.40. The number of rotatable bonds is 7. The number of hydrogen-bond acceptors (Lipinski definition) is 5. The van der Waals surface area contributed by atoms with Crippen LogP contribution in [0.4, 0.5) is 4.39 Å². The van der Waals surface area contributed by atoms with Gasteiger partial charge in [0, 0.05) is 11.6 Å². The van der Waals surface area contributed by atoms with E-state index < -0.39 is 37.5 Å². The molecule has 0 aliphatic heterocycles. The maximum atomic E-state index is 13.3. The van der Waals surface area contributed by atoms with Gasteiger partial charge >= 0.3 is 0 Å². The zero-order valence-corrected chi connectivity index (χ0v) is 17.6. The number of hydrogen-bond donors (Lipinski definition) is 1. The molecule has 0 radical (unpaired) electrons. The molecule has 2 aromatic carbocycles. The van der Waals surface area contributed by atoms with Crippen molar-refractivity contribution in [3.05, 3.63) is 83.0 Å². The second kappa shape index (κ2) is 8.27. The summed E-state index contributed by atoms with van der Waals surface area (Å²) in [6.07, 6.45) is 1.30. The van der Waals surface area contributed by atoms with Gasteiger partial charge < -0.3 is 4.42 Å². The molecule has 1 atom stereocenters. The molecule has 0 amide bonds. The molecule has 1 heterocycles. The molecule has 0 saturated carbocycles. The molecule has 6 nitrogen and oxygen atoms in total. The Morgan fingerprint density at radius 2 is 1.76 bits per heavy atom. The Hall–Kier alpha value is -2.20. The largest absolute Gasteiger partial charge is 0.468 e. The Morgan fingerprint density at radius 1 is 1.07 bits per heavy atom. The van der Waals surface area contributed by atoms with E-state index >= 15 is 0 Å². The maximum Gasteiger partial charge on any atom is 0.240 e. The van der Waals surface area contributed by atoms with E-state index in [2.05, 4.69) is 4.72 Å². The fourth-order valence-electron chi connectivity index (χ4n) is 2.80. The Balaban J connectivity index is 1.94. The van der Waals surface area contributed by atoms with Gasteiger partial charge in [0.1, 0.15) is 16.8 Å². The van der Waals surface area contributed by atoms with Gasteiger partial charge in [0.25, 0.3) is 0 Å². The molecule has 29 heavy (non-hydrogen) atoms. The van der Waals surface area contributed by atoms with Crippen molar-refractivity contribution in [2.75, 3.05) is 6.54 Å². The highest BCUT2D eigenvalue weighted by Gasteiger charge is 2.33. The van der Waals surface area contributed by atoms with Crippen molar-refractivity contribution in [1.29, 1.82) is 0 Å². The Bertz CT molecular complexity index is 1210. The van der Waals surface area contributed by atoms with Crippen molar-refractivity contribution in [1.82, 2.24) is 4.72 Å². The summed E-state index contributed by atoms with van der Waals surface area (Å²) in [5.74, 6) is -0.487. The van der Waals surface area contributed by atoms with Crippen LogP contribution in [0.15, 0.2) is 75.1 Å². The average molecular weight is 458 g/mol. The second-order valence-electron chi connectivity index (χ2n) is 6.26. The second-order valence-corrected chi connectivity index (χ2v) is 10.6. The fraction of sp³-hybridized carbons (Fsp3) is 0.158. The van der Waals surface area contributed by atoms with Gasteiger partial charge in [-0.15, -0.1) is 0 Å². The SMILES string of the molecule is Cc1cc(F)ccc1S(=O)(=O)NC[C@@H](c1ccco1)S(=O)(=O)c1ccc(Cl)cc1. The summed E-state index contributed by atoms with van der Waals surface area (Å²) in [7, 11) is -8.09. The summed E-state index contributed by atoms with van der Waals surface area (Å²) in [4.78, 5) is -0.165. The lowest BCUT2D eigenvalue weighted by molar-refractivity contribution is 0.486. The van der Waals surface area contributed by atoms with Crippen LogP contribution in [0.5, 0.6) is 0 Å². The van der Waals surface area contributed by atoms with Crippen LogP contribution in [0.2, 0.25) is 5.02 Å². The van der Waals surface area contributed by atoms with Gasteiger partial charge in [0.2, 0.25) is 10.0 Å². The normalized spacial score (nSPS) is 13.3. The summed E-state index contributed by atoms with van der Waals surface area (Å²) >= 11 is 5.82. The predicted molar refractivity (Wildman–Crippen MR) is 106 cm³/mol. The molecule has 0 fully saturated rings. The van der Waals surface area contributed by atoms with Crippen molar-refractivity contribution in [3.63, 3.8) is 0 Å². The molecule has 0 bridgehead atoms. The molecule has 1 N–H and O–H groups in total. The number of nitrogens with one attached hydrogen (secondary N) is 1. The zero-order chi connectivity index (χ0) is 21.2. The van der Waals surface area contributed by atoms with Crippen molar-refractivity contribution in [2.45, 2.75) is 22.0 Å². The molecule has 10 heteroatoms. The first kappa shape index (κ1) is 21.5. The van der Waals surface area contributed by atoms with E-state index in [1.54, 1.807) is 0 Å². The third kappa shape index (κ3) is 4.69. The summed E-state index contributed by atoms with van der Waals surface area (Å²) in [6, 6.07) is 11.7. The smallest absolute Gasteiger partial charge is 0.240 e. The summed E-state index contributed by atoms with van der Waals surface area (Å²) in [5.41, 5.74) is 0.201. The van der Waals surface area contributed by atoms with E-state index in [0.29, 0.717) is 5.02 Å². The van der Waals surface area contributed by atoms with Crippen LogP contribution in [0.3, 0.4) is 0 Å². The quantitative estimate of drug-likeness (QED) is 0.581. The molecular formula is C19H17ClFNO5S2. The van der Waals surface area contributed by atoms with Crippen LogP contribution in [0.1, 0.15) is 16.6 Å². The van der Waals surface area contributed by atoms with Gasteiger partial charge in [0.15, 0.2) is 9.84 Å². The van der Waals surface area contributed by atoms with Gasteiger partial charge in [-0.25, -0.2) is 25.9 Å². The minimum atomic E-state index is -4.09. The first-order chi connectivity index (χ1) is 13.6. The van der Waals surface area contributed by atoms with Crippen LogP contribution in [-0.2, 0) is 19.9 Å². The van der Waals surface area contributed by atoms with E-state index in [9.17, 15) is 21.2 Å². The van der Waals surface area contributed by atoms with Crippen LogP contribution in [0, 0.1) is 12.7 Å². The maximum absolute atomic E-state index is 13.3. The van der Waals surface area contributed by atoms with Crippen LogP contribution >= 0.6 is 11.6 Å². The standard InChI is InChI=1S/C19H17ClFNO5S2/c1-13-11-15(21)6-9-18(13)29(25,26)22-12-19(17-3-2-10-27-17)28(23,24)16-7-4-14(20)5-8-16/h2-11,19,22H,12H2,1H3/t19-/m0/s1. The summed E-state index contributed by atoms with van der Waals surface area (Å²) in [5, 5.41) is -0.944. The lowest BCUT2D eigenvalue weighted by Crippen LogP contribution is -2.32. The molecule has 0 unspecified atom stereocenters. The van der Waals surface area contributed by atoms with Crippen LogP contribution in [0.25, 0.3) is 0 Å². The van der Waals surface area contributed by atoms with E-state index in [-0.39, 0.29) is 21.1 Å². The van der Waals surface area contributed by atoms with Crippen molar-refractivity contribution in [2.24, 2.45) is 0 Å². The van der Waals surface area contributed by atoms with Crippen LogP contribution < -0.4 is 4.72 Å². The molecule has 3 rings (SSSR count). The van der Waals surface area contributed by atoms with E-state index in [1.165, 1.54) is 49.6 Å². The fourth-order valence-corrected chi connectivity index (χ4v) is 5.89. The molecular weight excluding hydrogens is 441 g/mol. The highest BCUT2D eigenvalue weighted by atomic mass is 35.5. The highest BCUT2D eigenvalue weighted by Crippen LogP contribution is 2.30. The van der Waals surface area contributed by atoms with Gasteiger partial charge in [0.05, 0.1) is 16.1 Å². The highest BCUT2D eigenvalue weighted by molar-refractivity contribution is 7.92. The monoisotopic (exact) mass is 457 g/mol. The number of benzene rings is 2. The Kier molecular flexibility index (Phi) is 6.13. The van der Waals surface area contributed by atoms with E-state index in [4.69, 9.17) is 16.0 Å². The molecule has 0 spiro atoms. The third-order valence-corrected chi connectivity index (χ3v) is 8.18. The van der Waals surface area contributed by atoms with Crippen LogP contribution in [-0.4, -0.2) is 23.4 Å². The van der Waals surface area contributed by atoms with Crippen molar-refractivity contribution >= 4 is 31.5 Å². The van der Waals surface area contributed by atoms with Gasteiger partial charge in [-0.1, -0.05) is 11.6 Å². The molecule has 3 aromatic rings. The summed E-state index contributed by atoms with van der Waals surface area (Å²) in [6.45, 7) is 0.976. The molecule has 154 valence electrons.